The zero-order chi connectivity index (χ0) is 25.7. The molecule has 3 aromatic heterocycles. The first-order valence-electron chi connectivity index (χ1n) is 11.3. The maximum Gasteiger partial charge on any atom is 0.433 e. The second kappa shape index (κ2) is 8.73. The number of nitrogens with zero attached hydrogens (tertiary/aromatic N) is 6. The molecule has 1 fully saturated rings. The quantitative estimate of drug-likeness (QED) is 0.508. The Kier molecular flexibility index (Phi) is 5.81. The summed E-state index contributed by atoms with van der Waals surface area (Å²) < 4.78 is 45.4. The molecule has 1 aliphatic heterocycles. The van der Waals surface area contributed by atoms with Crippen molar-refractivity contribution in [3.8, 4) is 0 Å². The number of pyridine rings is 1. The molecule has 3 aromatic rings. The van der Waals surface area contributed by atoms with E-state index in [0.29, 0.717) is 35.3 Å². The molecule has 0 bridgehead atoms. The van der Waals surface area contributed by atoms with Crippen molar-refractivity contribution in [2.45, 2.75) is 50.7 Å². The maximum atomic E-state index is 12.8. The number of rotatable bonds is 7. The van der Waals surface area contributed by atoms with E-state index in [2.05, 4.69) is 30.7 Å². The number of amides is 1. The van der Waals surface area contributed by atoms with E-state index < -0.39 is 23.5 Å². The molecule has 4 heterocycles. The minimum Gasteiger partial charge on any atom is -0.376 e. The molecule has 0 aromatic carbocycles. The summed E-state index contributed by atoms with van der Waals surface area (Å²) in [7, 11) is 3.45. The molecule has 10 nitrogen and oxygen atoms in total. The standard InChI is InChI=1S/C23H25F3N8O2/c1-13-17-19(33(2)18(20(35)31-17)22(36-3)6-7-22)32-21(30-13)28-9-15-10-29-34(12-15)11-14-4-5-16(27-8-14)23(24,25)26/h4-5,8,10,12,18H,6-7,9,11H2,1-3H3,(H,31,35)(H,28,30,32)/t18-/m1/s1. The lowest BCUT2D eigenvalue weighted by molar-refractivity contribution is -0.141. The SMILES string of the molecule is COC1([C@H]2C(=O)Nc3c(C)nc(NCc4cnn(Cc5ccc(C(F)(F)F)nc5)c4)nc3N2C)CC1. The van der Waals surface area contributed by atoms with Crippen molar-refractivity contribution in [3.63, 3.8) is 0 Å². The topological polar surface area (TPSA) is 110 Å². The molecule has 0 spiro atoms. The summed E-state index contributed by atoms with van der Waals surface area (Å²) in [6.07, 6.45) is 1.79. The Morgan fingerprint density at radius 2 is 2.00 bits per heavy atom. The predicted octanol–water partition coefficient (Wildman–Crippen LogP) is 2.99. The maximum absolute atomic E-state index is 12.8. The third-order valence-electron chi connectivity index (χ3n) is 6.53. The molecular formula is C23H25F3N8O2. The van der Waals surface area contributed by atoms with Crippen LogP contribution in [0.4, 0.5) is 30.6 Å². The molecule has 1 aliphatic carbocycles. The summed E-state index contributed by atoms with van der Waals surface area (Å²) in [5.41, 5.74) is 1.22. The van der Waals surface area contributed by atoms with Crippen LogP contribution in [-0.4, -0.2) is 56.4 Å². The highest BCUT2D eigenvalue weighted by atomic mass is 19.4. The number of aryl methyl sites for hydroxylation is 1. The number of carbonyl (C=O) groups is 1. The zero-order valence-corrected chi connectivity index (χ0v) is 19.9. The van der Waals surface area contributed by atoms with Gasteiger partial charge >= 0.3 is 6.18 Å². The molecule has 0 radical (unpaired) electrons. The van der Waals surface area contributed by atoms with Crippen LogP contribution in [0.2, 0.25) is 0 Å². The van der Waals surface area contributed by atoms with Gasteiger partial charge in [-0.3, -0.25) is 14.5 Å². The van der Waals surface area contributed by atoms with Gasteiger partial charge in [0, 0.05) is 38.7 Å². The van der Waals surface area contributed by atoms with Gasteiger partial charge in [0.25, 0.3) is 0 Å². The van der Waals surface area contributed by atoms with Crippen LogP contribution in [0.1, 0.15) is 35.4 Å². The number of hydrogen-bond donors (Lipinski definition) is 2. The molecule has 2 N–H and O–H groups in total. The molecule has 1 amide bonds. The second-order valence-corrected chi connectivity index (χ2v) is 9.05. The fraction of sp³-hybridized carbons (Fsp3) is 0.435. The fourth-order valence-corrected chi connectivity index (χ4v) is 4.47. The Morgan fingerprint density at radius 3 is 2.64 bits per heavy atom. The highest BCUT2D eigenvalue weighted by Gasteiger charge is 2.57. The van der Waals surface area contributed by atoms with Crippen LogP contribution in [0.5, 0.6) is 0 Å². The van der Waals surface area contributed by atoms with Crippen molar-refractivity contribution in [1.82, 2.24) is 24.7 Å². The lowest BCUT2D eigenvalue weighted by atomic mass is 10.0. The van der Waals surface area contributed by atoms with Gasteiger partial charge < -0.3 is 20.3 Å². The first-order chi connectivity index (χ1) is 17.1. The number of carbonyl (C=O) groups excluding carboxylic acids is 1. The number of nitrogens with one attached hydrogen (secondary N) is 2. The Bertz CT molecular complexity index is 1290. The van der Waals surface area contributed by atoms with Gasteiger partial charge in [0.05, 0.1) is 24.0 Å². The van der Waals surface area contributed by atoms with Crippen molar-refractivity contribution in [2.24, 2.45) is 0 Å². The van der Waals surface area contributed by atoms with Crippen LogP contribution in [0.3, 0.4) is 0 Å². The summed E-state index contributed by atoms with van der Waals surface area (Å²) in [6, 6.07) is 1.87. The minimum absolute atomic E-state index is 0.132. The fourth-order valence-electron chi connectivity index (χ4n) is 4.47. The summed E-state index contributed by atoms with van der Waals surface area (Å²) in [4.78, 5) is 27.2. The molecule has 2 aliphatic rings. The molecule has 1 saturated carbocycles. The lowest BCUT2D eigenvalue weighted by Gasteiger charge is -2.38. The van der Waals surface area contributed by atoms with E-state index in [9.17, 15) is 18.0 Å². The summed E-state index contributed by atoms with van der Waals surface area (Å²) in [5, 5.41) is 10.4. The van der Waals surface area contributed by atoms with Crippen molar-refractivity contribution < 1.29 is 22.7 Å². The van der Waals surface area contributed by atoms with Gasteiger partial charge in [0.15, 0.2) is 5.82 Å². The highest BCUT2D eigenvalue weighted by Crippen LogP contribution is 2.47. The first-order valence-corrected chi connectivity index (χ1v) is 11.3. The molecule has 1 atom stereocenters. The summed E-state index contributed by atoms with van der Waals surface area (Å²) >= 11 is 0. The number of alkyl halides is 3. The van der Waals surface area contributed by atoms with Crippen LogP contribution < -0.4 is 15.5 Å². The summed E-state index contributed by atoms with van der Waals surface area (Å²) in [5.74, 6) is 0.880. The van der Waals surface area contributed by atoms with Crippen LogP contribution in [0.25, 0.3) is 0 Å². The third-order valence-corrected chi connectivity index (χ3v) is 6.53. The highest BCUT2D eigenvalue weighted by molar-refractivity contribution is 6.04. The third kappa shape index (κ3) is 4.45. The van der Waals surface area contributed by atoms with E-state index in [1.165, 1.54) is 12.3 Å². The second-order valence-electron chi connectivity index (χ2n) is 9.05. The van der Waals surface area contributed by atoms with Crippen molar-refractivity contribution >= 4 is 23.4 Å². The molecule has 13 heteroatoms. The smallest absolute Gasteiger partial charge is 0.376 e. The van der Waals surface area contributed by atoms with Crippen molar-refractivity contribution in [3.05, 3.63) is 53.2 Å². The number of anilines is 3. The molecular weight excluding hydrogens is 477 g/mol. The number of halogens is 3. The van der Waals surface area contributed by atoms with E-state index in [1.54, 1.807) is 31.1 Å². The molecule has 5 rings (SSSR count). The Labute approximate surface area is 204 Å². The molecule has 36 heavy (non-hydrogen) atoms. The number of aromatic nitrogens is 5. The van der Waals surface area contributed by atoms with E-state index in [0.717, 1.165) is 24.5 Å². The number of fused-ring (bicyclic) bond motifs is 1. The zero-order valence-electron chi connectivity index (χ0n) is 19.9. The number of hydrogen-bond acceptors (Lipinski definition) is 8. The van der Waals surface area contributed by atoms with E-state index in [-0.39, 0.29) is 12.5 Å². The van der Waals surface area contributed by atoms with Gasteiger partial charge in [-0.25, -0.2) is 4.98 Å². The monoisotopic (exact) mass is 502 g/mol. The Hall–Kier alpha value is -3.74. The summed E-state index contributed by atoms with van der Waals surface area (Å²) in [6.45, 7) is 2.47. The Balaban J connectivity index is 1.26. The largest absolute Gasteiger partial charge is 0.433 e. The number of methoxy groups -OCH3 is 1. The van der Waals surface area contributed by atoms with Gasteiger partial charge in [-0.2, -0.15) is 23.3 Å². The van der Waals surface area contributed by atoms with Crippen molar-refractivity contribution in [2.75, 3.05) is 29.7 Å². The Morgan fingerprint density at radius 1 is 1.22 bits per heavy atom. The van der Waals surface area contributed by atoms with Gasteiger partial charge in [-0.05, 0) is 31.4 Å². The predicted molar refractivity (Wildman–Crippen MR) is 124 cm³/mol. The van der Waals surface area contributed by atoms with Gasteiger partial charge in [-0.1, -0.05) is 6.07 Å². The van der Waals surface area contributed by atoms with Gasteiger partial charge in [-0.15, -0.1) is 0 Å². The van der Waals surface area contributed by atoms with E-state index in [1.807, 2.05) is 11.9 Å². The molecule has 190 valence electrons. The van der Waals surface area contributed by atoms with E-state index in [4.69, 9.17) is 4.74 Å². The average molecular weight is 503 g/mol. The van der Waals surface area contributed by atoms with E-state index >= 15 is 0 Å². The van der Waals surface area contributed by atoms with Gasteiger partial charge in [0.1, 0.15) is 17.4 Å². The average Bonchev–Trinajstić information content (AvgIpc) is 3.49. The number of ether oxygens (including phenoxy) is 1. The number of likely N-dealkylation sites (N-methyl/N-ethyl adjacent to an activating group) is 1. The molecule has 0 saturated heterocycles. The minimum atomic E-state index is -4.47. The van der Waals surface area contributed by atoms with Crippen LogP contribution in [-0.2, 0) is 28.8 Å². The van der Waals surface area contributed by atoms with Crippen LogP contribution >= 0.6 is 0 Å². The van der Waals surface area contributed by atoms with Crippen LogP contribution in [0, 0.1) is 6.92 Å². The lowest BCUT2D eigenvalue weighted by Crippen LogP contribution is -2.55. The first kappa shape index (κ1) is 24.0. The van der Waals surface area contributed by atoms with Gasteiger partial charge in [0.2, 0.25) is 11.9 Å². The van der Waals surface area contributed by atoms with Crippen LogP contribution in [0.15, 0.2) is 30.7 Å². The van der Waals surface area contributed by atoms with Crippen molar-refractivity contribution in [1.29, 1.82) is 0 Å². The normalized spacial score (nSPS) is 18.6. The molecule has 0 unspecified atom stereocenters.